The van der Waals surface area contributed by atoms with E-state index in [4.69, 9.17) is 4.74 Å². The van der Waals surface area contributed by atoms with Crippen LogP contribution in [0.2, 0.25) is 0 Å². The lowest BCUT2D eigenvalue weighted by Crippen LogP contribution is -2.34. The first kappa shape index (κ1) is 25.6. The quantitative estimate of drug-likeness (QED) is 0.266. The van der Waals surface area contributed by atoms with Crippen molar-refractivity contribution in [1.82, 2.24) is 20.2 Å². The molecular weight excluding hydrogens is 470 g/mol. The van der Waals surface area contributed by atoms with Crippen LogP contribution in [0.15, 0.2) is 54.9 Å². The zero-order chi connectivity index (χ0) is 25.5. The van der Waals surface area contributed by atoms with E-state index in [0.717, 1.165) is 58.2 Å². The summed E-state index contributed by atoms with van der Waals surface area (Å²) >= 11 is 1.65. The molecule has 2 N–H and O–H groups in total. The second-order valence-corrected chi connectivity index (χ2v) is 9.58. The van der Waals surface area contributed by atoms with Crippen LogP contribution in [-0.4, -0.2) is 53.6 Å². The van der Waals surface area contributed by atoms with Gasteiger partial charge in [0.05, 0.1) is 12.0 Å². The summed E-state index contributed by atoms with van der Waals surface area (Å²) in [7, 11) is 0. The summed E-state index contributed by atoms with van der Waals surface area (Å²) in [6.07, 6.45) is 1.58. The predicted octanol–water partition coefficient (Wildman–Crippen LogP) is 5.88. The predicted molar refractivity (Wildman–Crippen MR) is 149 cm³/mol. The molecule has 36 heavy (non-hydrogen) atoms. The van der Waals surface area contributed by atoms with Gasteiger partial charge in [0.1, 0.15) is 22.7 Å². The summed E-state index contributed by atoms with van der Waals surface area (Å²) in [5.74, 6) is 1.53. The Morgan fingerprint density at radius 2 is 1.72 bits per heavy atom. The molecule has 188 valence electrons. The van der Waals surface area contributed by atoms with Crippen molar-refractivity contribution in [1.29, 1.82) is 0 Å². The van der Waals surface area contributed by atoms with Crippen molar-refractivity contribution in [2.45, 2.75) is 27.7 Å². The highest BCUT2D eigenvalue weighted by Crippen LogP contribution is 2.41. The lowest BCUT2D eigenvalue weighted by molar-refractivity contribution is 0.0949. The van der Waals surface area contributed by atoms with Gasteiger partial charge in [-0.25, -0.2) is 9.97 Å². The number of nitrogens with one attached hydrogen (secondary N) is 2. The molecule has 2 heterocycles. The number of fused-ring (bicyclic) bond motifs is 1. The van der Waals surface area contributed by atoms with Crippen molar-refractivity contribution in [3.05, 3.63) is 65.3 Å². The van der Waals surface area contributed by atoms with E-state index >= 15 is 0 Å². The molecule has 2 aromatic heterocycles. The molecule has 0 fully saturated rings. The zero-order valence-electron chi connectivity index (χ0n) is 21.3. The number of likely N-dealkylation sites (N-methyl/N-ethyl adjacent to an activating group) is 1. The molecule has 0 aliphatic heterocycles. The second kappa shape index (κ2) is 12.0. The van der Waals surface area contributed by atoms with Gasteiger partial charge in [-0.05, 0) is 68.9 Å². The summed E-state index contributed by atoms with van der Waals surface area (Å²) < 4.78 is 5.60. The minimum atomic E-state index is -0.0654. The molecule has 1 amide bonds. The first-order valence-corrected chi connectivity index (χ1v) is 13.2. The fourth-order valence-electron chi connectivity index (χ4n) is 4.18. The van der Waals surface area contributed by atoms with Gasteiger partial charge in [-0.15, -0.1) is 11.3 Å². The Balaban J connectivity index is 1.53. The maximum absolute atomic E-state index is 12.5. The third-order valence-electron chi connectivity index (χ3n) is 6.14. The standard InChI is InChI=1S/C28H33N5O2S/c1-5-33(6-2)17-16-29-27(34)21-8-12-22(13-9-21)32-26-25-24(19(4)36-28(25)31-18-30-26)20-10-14-23(15-11-20)35-7-3/h8-15,18H,5-7,16-17H2,1-4H3,(H,29,34)(H,30,31,32). The summed E-state index contributed by atoms with van der Waals surface area (Å²) in [5.41, 5.74) is 3.70. The monoisotopic (exact) mass is 503 g/mol. The zero-order valence-corrected chi connectivity index (χ0v) is 22.1. The van der Waals surface area contributed by atoms with Gasteiger partial charge in [0.25, 0.3) is 5.91 Å². The van der Waals surface area contributed by atoms with Crippen molar-refractivity contribution in [2.75, 3.05) is 38.1 Å². The third-order valence-corrected chi connectivity index (χ3v) is 7.15. The van der Waals surface area contributed by atoms with E-state index in [1.165, 1.54) is 4.88 Å². The average molecular weight is 504 g/mol. The number of nitrogens with zero attached hydrogens (tertiary/aromatic N) is 3. The van der Waals surface area contributed by atoms with Gasteiger partial charge in [-0.3, -0.25) is 4.79 Å². The first-order chi connectivity index (χ1) is 17.5. The van der Waals surface area contributed by atoms with E-state index in [9.17, 15) is 4.79 Å². The number of benzene rings is 2. The van der Waals surface area contributed by atoms with Crippen LogP contribution in [0.3, 0.4) is 0 Å². The Labute approximate surface area is 216 Å². The topological polar surface area (TPSA) is 79.4 Å². The molecule has 2 aromatic carbocycles. The number of hydrogen-bond acceptors (Lipinski definition) is 7. The van der Waals surface area contributed by atoms with E-state index in [0.29, 0.717) is 18.7 Å². The molecule has 0 atom stereocenters. The van der Waals surface area contributed by atoms with Gasteiger partial charge < -0.3 is 20.3 Å². The van der Waals surface area contributed by atoms with Crippen molar-refractivity contribution in [3.63, 3.8) is 0 Å². The Hall–Kier alpha value is -3.49. The number of aryl methyl sites for hydroxylation is 1. The number of rotatable bonds is 11. The highest BCUT2D eigenvalue weighted by atomic mass is 32.1. The number of carbonyl (C=O) groups is 1. The Morgan fingerprint density at radius 3 is 2.39 bits per heavy atom. The molecule has 8 heteroatoms. The fourth-order valence-corrected chi connectivity index (χ4v) is 5.19. The SMILES string of the molecule is CCOc1ccc(-c2c(C)sc3ncnc(Nc4ccc(C(=O)NCCN(CC)CC)cc4)c23)cc1. The highest BCUT2D eigenvalue weighted by molar-refractivity contribution is 7.19. The van der Waals surface area contributed by atoms with Crippen LogP contribution in [0.25, 0.3) is 21.3 Å². The molecule has 0 aliphatic carbocycles. The minimum absolute atomic E-state index is 0.0654. The molecule has 0 aliphatic rings. The molecule has 0 spiro atoms. The molecule has 0 saturated carbocycles. The Morgan fingerprint density at radius 1 is 1.00 bits per heavy atom. The van der Waals surface area contributed by atoms with Crippen molar-refractivity contribution >= 4 is 39.0 Å². The van der Waals surface area contributed by atoms with Crippen LogP contribution in [-0.2, 0) is 0 Å². The maximum atomic E-state index is 12.5. The second-order valence-electron chi connectivity index (χ2n) is 8.38. The van der Waals surface area contributed by atoms with Crippen molar-refractivity contribution in [3.8, 4) is 16.9 Å². The van der Waals surface area contributed by atoms with Gasteiger partial charge in [-0.2, -0.15) is 0 Å². The van der Waals surface area contributed by atoms with Crippen LogP contribution in [0.4, 0.5) is 11.5 Å². The summed E-state index contributed by atoms with van der Waals surface area (Å²) in [6.45, 7) is 12.4. The number of hydrogen-bond donors (Lipinski definition) is 2. The van der Waals surface area contributed by atoms with E-state index in [2.05, 4.69) is 58.4 Å². The van der Waals surface area contributed by atoms with Gasteiger partial charge in [0.2, 0.25) is 0 Å². The molecule has 0 unspecified atom stereocenters. The van der Waals surface area contributed by atoms with Crippen LogP contribution in [0.5, 0.6) is 5.75 Å². The van der Waals surface area contributed by atoms with E-state index < -0.39 is 0 Å². The number of ether oxygens (including phenoxy) is 1. The number of aromatic nitrogens is 2. The first-order valence-electron chi connectivity index (χ1n) is 12.4. The Kier molecular flexibility index (Phi) is 8.51. The van der Waals surface area contributed by atoms with Crippen LogP contribution in [0, 0.1) is 6.92 Å². The lowest BCUT2D eigenvalue weighted by atomic mass is 10.0. The van der Waals surface area contributed by atoms with E-state index in [-0.39, 0.29) is 5.91 Å². The average Bonchev–Trinajstić information content (AvgIpc) is 3.24. The number of amides is 1. The van der Waals surface area contributed by atoms with Crippen molar-refractivity contribution < 1.29 is 9.53 Å². The molecule has 0 saturated heterocycles. The number of thiophene rings is 1. The largest absolute Gasteiger partial charge is 0.494 e. The Bertz CT molecular complexity index is 1300. The van der Waals surface area contributed by atoms with Crippen LogP contribution >= 0.6 is 11.3 Å². The maximum Gasteiger partial charge on any atom is 0.251 e. The van der Waals surface area contributed by atoms with Crippen LogP contribution < -0.4 is 15.4 Å². The summed E-state index contributed by atoms with van der Waals surface area (Å²) in [4.78, 5) is 26.0. The number of anilines is 2. The van der Waals surface area contributed by atoms with Gasteiger partial charge in [-0.1, -0.05) is 26.0 Å². The molecule has 0 radical (unpaired) electrons. The van der Waals surface area contributed by atoms with E-state index in [1.54, 1.807) is 17.7 Å². The van der Waals surface area contributed by atoms with Crippen molar-refractivity contribution in [2.24, 2.45) is 0 Å². The molecule has 0 bridgehead atoms. The van der Waals surface area contributed by atoms with Gasteiger partial charge >= 0.3 is 0 Å². The number of carbonyl (C=O) groups excluding carboxylic acids is 1. The highest BCUT2D eigenvalue weighted by Gasteiger charge is 2.17. The fraction of sp³-hybridized carbons (Fsp3) is 0.321. The van der Waals surface area contributed by atoms with Gasteiger partial charge in [0.15, 0.2) is 0 Å². The molecular formula is C28H33N5O2S. The summed E-state index contributed by atoms with van der Waals surface area (Å²) in [5, 5.41) is 7.42. The smallest absolute Gasteiger partial charge is 0.251 e. The molecule has 4 rings (SSSR count). The third kappa shape index (κ3) is 5.83. The lowest BCUT2D eigenvalue weighted by Gasteiger charge is -2.18. The minimum Gasteiger partial charge on any atom is -0.494 e. The molecule has 7 nitrogen and oxygen atoms in total. The van der Waals surface area contributed by atoms with Gasteiger partial charge in [0, 0.05) is 34.8 Å². The molecule has 4 aromatic rings. The van der Waals surface area contributed by atoms with E-state index in [1.807, 2.05) is 43.3 Å². The van der Waals surface area contributed by atoms with Crippen LogP contribution in [0.1, 0.15) is 36.0 Å². The summed E-state index contributed by atoms with van der Waals surface area (Å²) in [6, 6.07) is 15.6. The normalized spacial score (nSPS) is 11.1.